The zero-order valence-corrected chi connectivity index (χ0v) is 7.90. The van der Waals surface area contributed by atoms with Crippen LogP contribution in [0.15, 0.2) is 12.4 Å². The van der Waals surface area contributed by atoms with Crippen LogP contribution < -0.4 is 0 Å². The van der Waals surface area contributed by atoms with Crippen molar-refractivity contribution in [2.75, 3.05) is 13.2 Å². The van der Waals surface area contributed by atoms with Crippen LogP contribution in [-0.2, 0) is 11.8 Å². The molecule has 0 saturated carbocycles. The number of rotatable bonds is 2. The molecule has 2 heterocycles. The third-order valence-electron chi connectivity index (χ3n) is 2.12. The van der Waals surface area contributed by atoms with Crippen molar-refractivity contribution in [1.82, 2.24) is 14.8 Å². The Morgan fingerprint density at radius 3 is 2.85 bits per heavy atom. The molecular formula is C9H13N3O. The van der Waals surface area contributed by atoms with E-state index in [0.29, 0.717) is 0 Å². The summed E-state index contributed by atoms with van der Waals surface area (Å²) in [5.41, 5.74) is 0.194. The highest BCUT2D eigenvalue weighted by molar-refractivity contribution is 5.40. The molecule has 1 saturated heterocycles. The molecule has 1 aromatic heterocycles. The highest BCUT2D eigenvalue weighted by Crippen LogP contribution is 2.28. The van der Waals surface area contributed by atoms with E-state index in [4.69, 9.17) is 4.74 Å². The molecule has 0 N–H and O–H groups in total. The van der Waals surface area contributed by atoms with E-state index in [0.717, 1.165) is 19.0 Å². The highest BCUT2D eigenvalue weighted by atomic mass is 16.5. The number of aryl methyl sites for hydroxylation is 1. The molecule has 0 atom stereocenters. The van der Waals surface area contributed by atoms with Gasteiger partial charge in [0.2, 0.25) is 0 Å². The molecule has 1 aliphatic heterocycles. The highest BCUT2D eigenvalue weighted by Gasteiger charge is 2.30. The Kier molecular flexibility index (Phi) is 1.92. The van der Waals surface area contributed by atoms with Gasteiger partial charge in [-0.1, -0.05) is 13.0 Å². The topological polar surface area (TPSA) is 39.9 Å². The lowest BCUT2D eigenvalue weighted by Crippen LogP contribution is -2.37. The molecule has 0 radical (unpaired) electrons. The molecule has 0 aliphatic carbocycles. The van der Waals surface area contributed by atoms with Crippen molar-refractivity contribution in [2.45, 2.75) is 6.92 Å². The standard InChI is InChI=1S/C9H13N3O/c1-9(5-13-6-9)4-3-8-10-7-12(2)11-8/h3-4,7H,5-6H2,1-2H3/b4-3+. The molecule has 4 nitrogen and oxygen atoms in total. The van der Waals surface area contributed by atoms with Crippen LogP contribution >= 0.6 is 0 Å². The molecule has 70 valence electrons. The molecule has 1 fully saturated rings. The van der Waals surface area contributed by atoms with Crippen LogP contribution in [0, 0.1) is 5.41 Å². The van der Waals surface area contributed by atoms with Crippen molar-refractivity contribution in [2.24, 2.45) is 12.5 Å². The van der Waals surface area contributed by atoms with Crippen molar-refractivity contribution in [1.29, 1.82) is 0 Å². The maximum Gasteiger partial charge on any atom is 0.173 e. The summed E-state index contributed by atoms with van der Waals surface area (Å²) in [6.07, 6.45) is 5.76. The van der Waals surface area contributed by atoms with Crippen molar-refractivity contribution < 1.29 is 4.74 Å². The Balaban J connectivity index is 2.04. The van der Waals surface area contributed by atoms with E-state index in [1.54, 1.807) is 11.0 Å². The van der Waals surface area contributed by atoms with Gasteiger partial charge in [0.05, 0.1) is 13.2 Å². The monoisotopic (exact) mass is 179 g/mol. The van der Waals surface area contributed by atoms with Gasteiger partial charge in [-0.15, -0.1) is 0 Å². The van der Waals surface area contributed by atoms with Crippen LogP contribution in [0.5, 0.6) is 0 Å². The van der Waals surface area contributed by atoms with Crippen LogP contribution in [-0.4, -0.2) is 28.0 Å². The fraction of sp³-hybridized carbons (Fsp3) is 0.556. The summed E-state index contributed by atoms with van der Waals surface area (Å²) in [7, 11) is 1.86. The maximum absolute atomic E-state index is 5.13. The normalized spacial score (nSPS) is 20.5. The average molecular weight is 179 g/mol. The third-order valence-corrected chi connectivity index (χ3v) is 2.12. The minimum Gasteiger partial charge on any atom is -0.379 e. The van der Waals surface area contributed by atoms with E-state index < -0.39 is 0 Å². The molecule has 13 heavy (non-hydrogen) atoms. The van der Waals surface area contributed by atoms with E-state index in [1.165, 1.54) is 0 Å². The Labute approximate surface area is 77.2 Å². The number of aromatic nitrogens is 3. The van der Waals surface area contributed by atoms with Gasteiger partial charge >= 0.3 is 0 Å². The molecule has 1 aliphatic rings. The van der Waals surface area contributed by atoms with Crippen LogP contribution in [0.2, 0.25) is 0 Å². The van der Waals surface area contributed by atoms with Crippen LogP contribution in [0.25, 0.3) is 6.08 Å². The summed E-state index contributed by atoms with van der Waals surface area (Å²) >= 11 is 0. The molecule has 0 unspecified atom stereocenters. The van der Waals surface area contributed by atoms with E-state index in [1.807, 2.05) is 13.1 Å². The van der Waals surface area contributed by atoms with Gasteiger partial charge < -0.3 is 4.74 Å². The minimum atomic E-state index is 0.194. The van der Waals surface area contributed by atoms with Gasteiger partial charge in [-0.05, 0) is 6.08 Å². The Hall–Kier alpha value is -1.16. The second-order valence-electron chi connectivity index (χ2n) is 3.76. The first-order valence-corrected chi connectivity index (χ1v) is 4.31. The van der Waals surface area contributed by atoms with Crippen LogP contribution in [0.4, 0.5) is 0 Å². The van der Waals surface area contributed by atoms with E-state index in [2.05, 4.69) is 23.1 Å². The quantitative estimate of drug-likeness (QED) is 0.676. The summed E-state index contributed by atoms with van der Waals surface area (Å²) in [6, 6.07) is 0. The summed E-state index contributed by atoms with van der Waals surface area (Å²) in [6.45, 7) is 3.77. The lowest BCUT2D eigenvalue weighted by Gasteiger charge is -2.34. The van der Waals surface area contributed by atoms with E-state index in [9.17, 15) is 0 Å². The first kappa shape index (κ1) is 8.44. The number of hydrogen-bond donors (Lipinski definition) is 0. The molecule has 1 aromatic rings. The lowest BCUT2D eigenvalue weighted by atomic mass is 9.88. The third kappa shape index (κ3) is 1.78. The van der Waals surface area contributed by atoms with Gasteiger partial charge in [-0.2, -0.15) is 5.10 Å². The van der Waals surface area contributed by atoms with Gasteiger partial charge in [0, 0.05) is 12.5 Å². The minimum absolute atomic E-state index is 0.194. The van der Waals surface area contributed by atoms with Gasteiger partial charge in [0.1, 0.15) is 6.33 Å². The fourth-order valence-corrected chi connectivity index (χ4v) is 1.23. The summed E-state index contributed by atoms with van der Waals surface area (Å²) < 4.78 is 6.83. The Bertz CT molecular complexity index is 325. The Morgan fingerprint density at radius 1 is 1.62 bits per heavy atom. The average Bonchev–Trinajstić information content (AvgIpc) is 2.44. The summed E-state index contributed by atoms with van der Waals surface area (Å²) in [5, 5.41) is 4.15. The number of nitrogens with zero attached hydrogens (tertiary/aromatic N) is 3. The first-order chi connectivity index (χ1) is 6.18. The molecule has 0 spiro atoms. The SMILES string of the molecule is Cn1cnc(/C=C/C2(C)COC2)n1. The van der Waals surface area contributed by atoms with Crippen molar-refractivity contribution >= 4 is 6.08 Å². The molecule has 0 aromatic carbocycles. The summed E-state index contributed by atoms with van der Waals surface area (Å²) in [4.78, 5) is 4.10. The predicted octanol–water partition coefficient (Wildman–Crippen LogP) is 0.865. The van der Waals surface area contributed by atoms with Gasteiger partial charge in [-0.3, -0.25) is 4.68 Å². The second kappa shape index (κ2) is 2.96. The fourth-order valence-electron chi connectivity index (χ4n) is 1.23. The van der Waals surface area contributed by atoms with Gasteiger partial charge in [0.25, 0.3) is 0 Å². The lowest BCUT2D eigenvalue weighted by molar-refractivity contribution is -0.0703. The largest absolute Gasteiger partial charge is 0.379 e. The summed E-state index contributed by atoms with van der Waals surface area (Å²) in [5.74, 6) is 0.760. The van der Waals surface area contributed by atoms with Crippen molar-refractivity contribution in [3.05, 3.63) is 18.2 Å². The predicted molar refractivity (Wildman–Crippen MR) is 49.0 cm³/mol. The van der Waals surface area contributed by atoms with Gasteiger partial charge in [0.15, 0.2) is 5.82 Å². The van der Waals surface area contributed by atoms with E-state index in [-0.39, 0.29) is 5.41 Å². The molecule has 0 amide bonds. The Morgan fingerprint density at radius 2 is 2.38 bits per heavy atom. The van der Waals surface area contributed by atoms with Crippen LogP contribution in [0.3, 0.4) is 0 Å². The zero-order chi connectivity index (χ0) is 9.31. The van der Waals surface area contributed by atoms with Crippen molar-refractivity contribution in [3.63, 3.8) is 0 Å². The first-order valence-electron chi connectivity index (χ1n) is 4.31. The van der Waals surface area contributed by atoms with Crippen LogP contribution in [0.1, 0.15) is 12.7 Å². The second-order valence-corrected chi connectivity index (χ2v) is 3.76. The number of hydrogen-bond acceptors (Lipinski definition) is 3. The number of ether oxygens (including phenoxy) is 1. The zero-order valence-electron chi connectivity index (χ0n) is 7.90. The van der Waals surface area contributed by atoms with Gasteiger partial charge in [-0.25, -0.2) is 4.98 Å². The molecule has 2 rings (SSSR count). The molecule has 0 bridgehead atoms. The molecular weight excluding hydrogens is 166 g/mol. The maximum atomic E-state index is 5.13. The molecule has 4 heteroatoms. The van der Waals surface area contributed by atoms with E-state index >= 15 is 0 Å². The smallest absolute Gasteiger partial charge is 0.173 e. The van der Waals surface area contributed by atoms with Crippen molar-refractivity contribution in [3.8, 4) is 0 Å².